The number of likely N-dealkylation sites (tertiary alicyclic amines) is 1. The largest absolute Gasteiger partial charge is 0.373 e. The molecule has 1 aromatic carbocycles. The number of amides is 2. The number of rotatable bonds is 4. The van der Waals surface area contributed by atoms with Gasteiger partial charge in [0.1, 0.15) is 5.69 Å². The van der Waals surface area contributed by atoms with Gasteiger partial charge in [0.25, 0.3) is 11.8 Å². The number of carbonyl (C=O) groups is 2. The average molecular weight is 509 g/mol. The summed E-state index contributed by atoms with van der Waals surface area (Å²) in [7, 11) is 0. The Balaban J connectivity index is 1.26. The fourth-order valence-corrected chi connectivity index (χ4v) is 5.77. The first-order valence-corrected chi connectivity index (χ1v) is 13.1. The maximum absolute atomic E-state index is 13.2. The number of halogens is 1. The Hall–Kier alpha value is -3.17. The van der Waals surface area contributed by atoms with Crippen molar-refractivity contribution in [2.75, 3.05) is 19.7 Å². The van der Waals surface area contributed by atoms with E-state index < -0.39 is 0 Å². The van der Waals surface area contributed by atoms with Gasteiger partial charge in [-0.05, 0) is 50.7 Å². The van der Waals surface area contributed by atoms with E-state index in [9.17, 15) is 9.59 Å². The van der Waals surface area contributed by atoms with Crippen LogP contribution in [0, 0.1) is 0 Å². The van der Waals surface area contributed by atoms with E-state index in [1.807, 2.05) is 17.0 Å². The van der Waals surface area contributed by atoms with Gasteiger partial charge in [0.2, 0.25) is 0 Å². The molecule has 2 amide bonds. The third-order valence-electron chi connectivity index (χ3n) is 7.41. The van der Waals surface area contributed by atoms with Crippen molar-refractivity contribution in [3.8, 4) is 5.69 Å². The molecule has 1 saturated heterocycles. The first-order valence-electron chi connectivity index (χ1n) is 12.7. The van der Waals surface area contributed by atoms with E-state index in [-0.39, 0.29) is 17.9 Å². The highest BCUT2D eigenvalue weighted by Crippen LogP contribution is 2.32. The minimum absolute atomic E-state index is 0.0487. The molecule has 188 valence electrons. The van der Waals surface area contributed by atoms with E-state index in [0.29, 0.717) is 35.2 Å². The molecule has 3 aliphatic rings. The summed E-state index contributed by atoms with van der Waals surface area (Å²) in [5.74, 6) is -0.251. The zero-order valence-corrected chi connectivity index (χ0v) is 20.8. The summed E-state index contributed by atoms with van der Waals surface area (Å²) in [5, 5.41) is 8.05. The summed E-state index contributed by atoms with van der Waals surface area (Å²) < 4.78 is 9.65. The van der Waals surface area contributed by atoms with E-state index in [1.165, 1.54) is 0 Å². The van der Waals surface area contributed by atoms with Crippen LogP contribution in [0.1, 0.15) is 75.9 Å². The summed E-state index contributed by atoms with van der Waals surface area (Å²) >= 11 is 6.78. The van der Waals surface area contributed by atoms with Crippen LogP contribution in [0.5, 0.6) is 0 Å². The van der Waals surface area contributed by atoms with Crippen molar-refractivity contribution in [3.63, 3.8) is 0 Å². The molecule has 5 heterocycles. The smallest absolute Gasteiger partial charge is 0.272 e. The van der Waals surface area contributed by atoms with Crippen molar-refractivity contribution in [1.82, 2.24) is 29.5 Å². The van der Waals surface area contributed by atoms with E-state index >= 15 is 0 Å². The molecule has 1 atom stereocenters. The van der Waals surface area contributed by atoms with Crippen LogP contribution in [0.15, 0.2) is 30.7 Å². The van der Waals surface area contributed by atoms with Gasteiger partial charge in [-0.2, -0.15) is 5.10 Å². The molecule has 0 radical (unpaired) electrons. The number of hydrogen-bond donors (Lipinski definition) is 1. The molecule has 0 saturated carbocycles. The minimum Gasteiger partial charge on any atom is -0.373 e. The van der Waals surface area contributed by atoms with Gasteiger partial charge in [-0.25, -0.2) is 9.67 Å². The molecule has 2 aromatic heterocycles. The number of benzene rings is 1. The molecule has 3 aromatic rings. The molecule has 1 unspecified atom stereocenters. The first kappa shape index (κ1) is 23.2. The van der Waals surface area contributed by atoms with Gasteiger partial charge in [-0.3, -0.25) is 9.59 Å². The lowest BCUT2D eigenvalue weighted by atomic mass is 10.0. The fraction of sp³-hybridized carbons (Fsp3) is 0.462. The topological polar surface area (TPSA) is 94.3 Å². The van der Waals surface area contributed by atoms with Gasteiger partial charge in [-0.15, -0.1) is 0 Å². The van der Waals surface area contributed by atoms with Gasteiger partial charge >= 0.3 is 0 Å². The number of carbonyl (C=O) groups excluding carboxylic acids is 2. The first-order chi connectivity index (χ1) is 17.6. The minimum atomic E-state index is -0.354. The highest BCUT2D eigenvalue weighted by atomic mass is 35.5. The number of fused-ring (bicyclic) bond motifs is 2. The van der Waals surface area contributed by atoms with Crippen LogP contribution in [-0.4, -0.2) is 55.7 Å². The van der Waals surface area contributed by atoms with Gasteiger partial charge in [0, 0.05) is 25.2 Å². The molecular weight excluding hydrogens is 480 g/mol. The van der Waals surface area contributed by atoms with Crippen LogP contribution in [0.2, 0.25) is 5.02 Å². The summed E-state index contributed by atoms with van der Waals surface area (Å²) in [6.07, 6.45) is 9.72. The number of imidazole rings is 1. The summed E-state index contributed by atoms with van der Waals surface area (Å²) in [6.45, 7) is 3.10. The molecule has 36 heavy (non-hydrogen) atoms. The molecule has 1 fully saturated rings. The maximum Gasteiger partial charge on any atom is 0.272 e. The Bertz CT molecular complexity index is 1310. The molecule has 0 bridgehead atoms. The molecular formula is C26H29ClN6O3. The zero-order chi connectivity index (χ0) is 24.6. The average Bonchev–Trinajstić information content (AvgIpc) is 3.54. The van der Waals surface area contributed by atoms with Crippen LogP contribution in [0.25, 0.3) is 5.69 Å². The van der Waals surface area contributed by atoms with Crippen LogP contribution < -0.4 is 5.32 Å². The molecule has 0 aliphatic carbocycles. The number of piperidine rings is 1. The lowest BCUT2D eigenvalue weighted by Crippen LogP contribution is -2.36. The predicted octanol–water partition coefficient (Wildman–Crippen LogP) is 3.69. The second kappa shape index (κ2) is 9.71. The van der Waals surface area contributed by atoms with Crippen LogP contribution >= 0.6 is 11.6 Å². The van der Waals surface area contributed by atoms with E-state index in [2.05, 4.69) is 20.0 Å². The molecule has 10 heteroatoms. The monoisotopic (exact) mass is 508 g/mol. The second-order valence-electron chi connectivity index (χ2n) is 9.68. The Kier molecular flexibility index (Phi) is 6.27. The van der Waals surface area contributed by atoms with Crippen molar-refractivity contribution in [2.45, 2.75) is 57.7 Å². The van der Waals surface area contributed by atoms with Crippen molar-refractivity contribution < 1.29 is 14.3 Å². The Morgan fingerprint density at radius 3 is 2.75 bits per heavy atom. The van der Waals surface area contributed by atoms with Gasteiger partial charge in [0.15, 0.2) is 0 Å². The fourth-order valence-electron chi connectivity index (χ4n) is 5.48. The number of aryl methyl sites for hydroxylation is 1. The van der Waals surface area contributed by atoms with Crippen molar-refractivity contribution in [2.24, 2.45) is 0 Å². The number of hydrogen-bond acceptors (Lipinski definition) is 5. The standard InChI is InChI=1S/C26H29ClN6O3/c27-23-17(26(35)31-10-3-1-4-11-31)7-6-9-20(23)33-22-15-36-14-19(18(22)13-29-33)30-25(34)24-21-8-2-5-12-32(21)16-28-24/h6-7,9,13,16,19H,1-5,8,10-12,14-15H2,(H,30,34). The normalized spacial score (nSPS) is 19.5. The van der Waals surface area contributed by atoms with Crippen LogP contribution in [-0.2, 0) is 24.3 Å². The Labute approximate surface area is 214 Å². The highest BCUT2D eigenvalue weighted by Gasteiger charge is 2.30. The lowest BCUT2D eigenvalue weighted by molar-refractivity contribution is 0.0683. The molecule has 0 spiro atoms. The number of aromatic nitrogens is 4. The second-order valence-corrected chi connectivity index (χ2v) is 10.1. The van der Waals surface area contributed by atoms with Crippen molar-refractivity contribution in [1.29, 1.82) is 0 Å². The van der Waals surface area contributed by atoms with Gasteiger partial charge < -0.3 is 19.5 Å². The quantitative estimate of drug-likeness (QED) is 0.580. The Morgan fingerprint density at radius 2 is 1.89 bits per heavy atom. The van der Waals surface area contributed by atoms with Crippen molar-refractivity contribution >= 4 is 23.4 Å². The van der Waals surface area contributed by atoms with Crippen molar-refractivity contribution in [3.05, 3.63) is 64.0 Å². The highest BCUT2D eigenvalue weighted by molar-refractivity contribution is 6.35. The van der Waals surface area contributed by atoms with E-state index in [0.717, 1.165) is 75.1 Å². The summed E-state index contributed by atoms with van der Waals surface area (Å²) in [5.41, 5.74) is 4.27. The third kappa shape index (κ3) is 4.10. The van der Waals surface area contributed by atoms with E-state index in [1.54, 1.807) is 23.3 Å². The van der Waals surface area contributed by atoms with Crippen LogP contribution in [0.3, 0.4) is 0 Å². The van der Waals surface area contributed by atoms with Crippen LogP contribution in [0.4, 0.5) is 0 Å². The number of ether oxygens (including phenoxy) is 1. The van der Waals surface area contributed by atoms with E-state index in [4.69, 9.17) is 16.3 Å². The molecule has 3 aliphatic heterocycles. The van der Waals surface area contributed by atoms with Gasteiger partial charge in [0.05, 0.1) is 59.4 Å². The number of nitrogens with zero attached hydrogens (tertiary/aromatic N) is 5. The predicted molar refractivity (Wildman–Crippen MR) is 133 cm³/mol. The molecule has 9 nitrogen and oxygen atoms in total. The Morgan fingerprint density at radius 1 is 1.06 bits per heavy atom. The van der Waals surface area contributed by atoms with Gasteiger partial charge in [-0.1, -0.05) is 17.7 Å². The number of nitrogens with one attached hydrogen (secondary N) is 1. The molecule has 6 rings (SSSR count). The SMILES string of the molecule is O=C(NC1COCc2c1cnn2-c1cccc(C(=O)N2CCCCC2)c1Cl)c1ncn2c1CCCC2. The summed E-state index contributed by atoms with van der Waals surface area (Å²) in [6, 6.07) is 5.09. The molecule has 1 N–H and O–H groups in total. The lowest BCUT2D eigenvalue weighted by Gasteiger charge is -2.27. The third-order valence-corrected chi connectivity index (χ3v) is 7.81. The maximum atomic E-state index is 13.2. The zero-order valence-electron chi connectivity index (χ0n) is 20.1. The summed E-state index contributed by atoms with van der Waals surface area (Å²) in [4.78, 5) is 32.5.